The molecular formula is C13H24N2O4. The van der Waals surface area contributed by atoms with E-state index in [1.165, 1.54) is 7.11 Å². The molecule has 1 fully saturated rings. The smallest absolute Gasteiger partial charge is 0.409 e. The van der Waals surface area contributed by atoms with Crippen molar-refractivity contribution in [2.45, 2.75) is 51.7 Å². The van der Waals surface area contributed by atoms with E-state index in [0.717, 1.165) is 19.3 Å². The van der Waals surface area contributed by atoms with Crippen molar-refractivity contribution in [2.24, 2.45) is 0 Å². The largest absolute Gasteiger partial charge is 0.453 e. The summed E-state index contributed by atoms with van der Waals surface area (Å²) in [6.07, 6.45) is 2.09. The highest BCUT2D eigenvalue weighted by Gasteiger charge is 2.28. The summed E-state index contributed by atoms with van der Waals surface area (Å²) < 4.78 is 9.92. The van der Waals surface area contributed by atoms with Gasteiger partial charge in [0.05, 0.1) is 13.2 Å². The van der Waals surface area contributed by atoms with E-state index >= 15 is 0 Å². The van der Waals surface area contributed by atoms with E-state index in [2.05, 4.69) is 5.32 Å². The van der Waals surface area contributed by atoms with E-state index < -0.39 is 11.7 Å². The molecule has 2 amide bonds. The average molecular weight is 272 g/mol. The summed E-state index contributed by atoms with van der Waals surface area (Å²) in [5, 5.41) is 2.71. The number of carbonyl (C=O) groups excluding carboxylic acids is 2. The molecule has 0 aromatic carbocycles. The Hall–Kier alpha value is -1.46. The molecule has 6 heteroatoms. The number of carbonyl (C=O) groups is 2. The van der Waals surface area contributed by atoms with Crippen LogP contribution in [0.5, 0.6) is 0 Å². The summed E-state index contributed by atoms with van der Waals surface area (Å²) in [5.41, 5.74) is -0.515. The van der Waals surface area contributed by atoms with E-state index in [1.807, 2.05) is 20.8 Å². The molecular weight excluding hydrogens is 248 g/mol. The maximum absolute atomic E-state index is 11.6. The lowest BCUT2D eigenvalue weighted by atomic mass is 10.0. The van der Waals surface area contributed by atoms with Gasteiger partial charge >= 0.3 is 12.2 Å². The van der Waals surface area contributed by atoms with E-state index in [4.69, 9.17) is 9.47 Å². The number of hydrogen-bond donors (Lipinski definition) is 1. The van der Waals surface area contributed by atoms with Gasteiger partial charge in [-0.2, -0.15) is 0 Å². The Bertz CT molecular complexity index is 325. The topological polar surface area (TPSA) is 67.9 Å². The van der Waals surface area contributed by atoms with Gasteiger partial charge in [-0.15, -0.1) is 0 Å². The predicted molar refractivity (Wildman–Crippen MR) is 71.0 cm³/mol. The molecule has 0 aromatic heterocycles. The van der Waals surface area contributed by atoms with Crippen LogP contribution in [0.1, 0.15) is 40.0 Å². The normalized spacial score (nSPS) is 19.8. The van der Waals surface area contributed by atoms with E-state index in [9.17, 15) is 9.59 Å². The zero-order valence-electron chi connectivity index (χ0n) is 12.2. The van der Waals surface area contributed by atoms with Gasteiger partial charge in [-0.3, -0.25) is 0 Å². The van der Waals surface area contributed by atoms with Gasteiger partial charge in [0.2, 0.25) is 0 Å². The van der Waals surface area contributed by atoms with E-state index in [0.29, 0.717) is 13.1 Å². The van der Waals surface area contributed by atoms with Gasteiger partial charge < -0.3 is 19.7 Å². The van der Waals surface area contributed by atoms with Crippen molar-refractivity contribution in [1.29, 1.82) is 0 Å². The number of hydrogen-bond acceptors (Lipinski definition) is 4. The zero-order valence-corrected chi connectivity index (χ0v) is 12.2. The number of likely N-dealkylation sites (tertiary alicyclic amines) is 1. The molecule has 0 radical (unpaired) electrons. The summed E-state index contributed by atoms with van der Waals surface area (Å²) in [6, 6.07) is -0.0197. The average Bonchev–Trinajstić information content (AvgIpc) is 2.33. The van der Waals surface area contributed by atoms with Gasteiger partial charge in [0.15, 0.2) is 0 Å². The van der Waals surface area contributed by atoms with Crippen molar-refractivity contribution in [3.8, 4) is 0 Å². The highest BCUT2D eigenvalue weighted by Crippen LogP contribution is 2.17. The number of nitrogens with one attached hydrogen (secondary N) is 1. The van der Waals surface area contributed by atoms with Crippen LogP contribution < -0.4 is 5.32 Å². The molecule has 0 aromatic rings. The van der Waals surface area contributed by atoms with Crippen LogP contribution in [0.15, 0.2) is 0 Å². The molecule has 19 heavy (non-hydrogen) atoms. The van der Waals surface area contributed by atoms with Crippen molar-refractivity contribution in [3.05, 3.63) is 0 Å². The highest BCUT2D eigenvalue weighted by atomic mass is 16.6. The number of alkyl carbamates (subject to hydrolysis) is 1. The first-order valence-electron chi connectivity index (χ1n) is 6.65. The number of piperidine rings is 1. The molecule has 1 heterocycles. The summed E-state index contributed by atoms with van der Waals surface area (Å²) in [6.45, 7) is 6.51. The second-order valence-corrected chi connectivity index (χ2v) is 5.70. The molecule has 6 nitrogen and oxygen atoms in total. The standard InChI is InChI=1S/C13H24N2O4/c1-13(2,3)19-11(16)14-9-10-7-5-6-8-15(10)12(17)18-4/h10H,5-9H2,1-4H3,(H,14,16)/t10-/m1/s1. The van der Waals surface area contributed by atoms with Crippen molar-refractivity contribution in [3.63, 3.8) is 0 Å². The second kappa shape index (κ2) is 6.63. The SMILES string of the molecule is COC(=O)N1CCCC[C@@H]1CNC(=O)OC(C)(C)C. The quantitative estimate of drug-likeness (QED) is 0.836. The lowest BCUT2D eigenvalue weighted by molar-refractivity contribution is 0.0483. The Balaban J connectivity index is 2.45. The Labute approximate surface area is 114 Å². The molecule has 110 valence electrons. The van der Waals surface area contributed by atoms with Gasteiger partial charge in [0.25, 0.3) is 0 Å². The Kier molecular flexibility index (Phi) is 5.44. The molecule has 1 saturated heterocycles. The molecule has 0 bridgehead atoms. The molecule has 0 unspecified atom stereocenters. The molecule has 1 aliphatic heterocycles. The predicted octanol–water partition coefficient (Wildman–Crippen LogP) is 2.13. The van der Waals surface area contributed by atoms with Gasteiger partial charge in [0, 0.05) is 13.1 Å². The van der Waals surface area contributed by atoms with Crippen LogP contribution in [0.3, 0.4) is 0 Å². The van der Waals surface area contributed by atoms with Crippen LogP contribution >= 0.6 is 0 Å². The summed E-state index contributed by atoms with van der Waals surface area (Å²) in [4.78, 5) is 24.9. The van der Waals surface area contributed by atoms with Gasteiger partial charge in [-0.05, 0) is 40.0 Å². The number of ether oxygens (including phenoxy) is 2. The van der Waals surface area contributed by atoms with Crippen molar-refractivity contribution in [1.82, 2.24) is 10.2 Å². The molecule has 1 atom stereocenters. The summed E-state index contributed by atoms with van der Waals surface area (Å²) in [7, 11) is 1.37. The van der Waals surface area contributed by atoms with E-state index in [-0.39, 0.29) is 12.1 Å². The minimum absolute atomic E-state index is 0.0197. The Morgan fingerprint density at radius 1 is 1.32 bits per heavy atom. The third-order valence-corrected chi connectivity index (χ3v) is 2.92. The number of amides is 2. The van der Waals surface area contributed by atoms with Crippen LogP contribution in [0.25, 0.3) is 0 Å². The minimum Gasteiger partial charge on any atom is -0.453 e. The monoisotopic (exact) mass is 272 g/mol. The first kappa shape index (κ1) is 15.6. The van der Waals surface area contributed by atoms with Crippen LogP contribution in [-0.4, -0.2) is 48.9 Å². The molecule has 0 aliphatic carbocycles. The maximum Gasteiger partial charge on any atom is 0.409 e. The van der Waals surface area contributed by atoms with Crippen LogP contribution in [0.2, 0.25) is 0 Å². The molecule has 0 spiro atoms. The number of rotatable bonds is 2. The molecule has 1 rings (SSSR count). The zero-order chi connectivity index (χ0) is 14.5. The van der Waals surface area contributed by atoms with E-state index in [1.54, 1.807) is 4.90 Å². The van der Waals surface area contributed by atoms with Crippen LogP contribution in [-0.2, 0) is 9.47 Å². The fourth-order valence-electron chi connectivity index (χ4n) is 2.09. The van der Waals surface area contributed by atoms with Crippen molar-refractivity contribution in [2.75, 3.05) is 20.2 Å². The fourth-order valence-corrected chi connectivity index (χ4v) is 2.09. The first-order chi connectivity index (χ1) is 8.83. The lowest BCUT2D eigenvalue weighted by Crippen LogP contribution is -2.49. The molecule has 1 N–H and O–H groups in total. The third-order valence-electron chi connectivity index (χ3n) is 2.92. The van der Waals surface area contributed by atoms with Crippen LogP contribution in [0.4, 0.5) is 9.59 Å². The van der Waals surface area contributed by atoms with Gasteiger partial charge in [-0.25, -0.2) is 9.59 Å². The molecule has 1 aliphatic rings. The Morgan fingerprint density at radius 3 is 2.58 bits per heavy atom. The summed E-state index contributed by atoms with van der Waals surface area (Å²) >= 11 is 0. The lowest BCUT2D eigenvalue weighted by Gasteiger charge is -2.34. The number of nitrogens with zero attached hydrogens (tertiary/aromatic N) is 1. The van der Waals surface area contributed by atoms with Gasteiger partial charge in [-0.1, -0.05) is 0 Å². The highest BCUT2D eigenvalue weighted by molar-refractivity contribution is 5.69. The third kappa shape index (κ3) is 5.36. The molecule has 0 saturated carbocycles. The maximum atomic E-state index is 11.6. The minimum atomic E-state index is -0.515. The van der Waals surface area contributed by atoms with Crippen molar-refractivity contribution < 1.29 is 19.1 Å². The van der Waals surface area contributed by atoms with Crippen molar-refractivity contribution >= 4 is 12.2 Å². The Morgan fingerprint density at radius 2 is 2.00 bits per heavy atom. The second-order valence-electron chi connectivity index (χ2n) is 5.70. The van der Waals surface area contributed by atoms with Crippen LogP contribution in [0, 0.1) is 0 Å². The fraction of sp³-hybridized carbons (Fsp3) is 0.846. The summed E-state index contributed by atoms with van der Waals surface area (Å²) in [5.74, 6) is 0. The number of methoxy groups -OCH3 is 1. The first-order valence-corrected chi connectivity index (χ1v) is 6.65. The van der Waals surface area contributed by atoms with Gasteiger partial charge in [0.1, 0.15) is 5.60 Å².